The van der Waals surface area contributed by atoms with Crippen molar-refractivity contribution in [3.8, 4) is 34.1 Å². The molecule has 0 bridgehead atoms. The van der Waals surface area contributed by atoms with Crippen molar-refractivity contribution >= 4 is 22.6 Å². The van der Waals surface area contributed by atoms with Gasteiger partial charge >= 0.3 is 0 Å². The lowest BCUT2D eigenvalue weighted by Gasteiger charge is -2.14. The lowest BCUT2D eigenvalue weighted by atomic mass is 10.0. The van der Waals surface area contributed by atoms with Crippen LogP contribution in [0.2, 0.25) is 0 Å². The maximum Gasteiger partial charge on any atom is 0.262 e. The fraction of sp³-hybridized carbons (Fsp3) is 0.212. The Labute approximate surface area is 247 Å². The number of aromatic nitrogens is 3. The minimum atomic E-state index is -0.602. The van der Waals surface area contributed by atoms with Crippen molar-refractivity contribution in [2.24, 2.45) is 5.92 Å². The van der Waals surface area contributed by atoms with E-state index in [1.807, 2.05) is 4.57 Å². The lowest BCUT2D eigenvalue weighted by molar-refractivity contribution is 0.102. The second-order valence-electron chi connectivity index (χ2n) is 10.3. The number of benzene rings is 2. The van der Waals surface area contributed by atoms with Gasteiger partial charge in [0.25, 0.3) is 5.91 Å². The number of ether oxygens (including phenoxy) is 3. The molecule has 0 aliphatic rings. The van der Waals surface area contributed by atoms with E-state index in [2.05, 4.69) is 29.1 Å². The number of hydrogen-bond acceptors (Lipinski definition) is 7. The SMILES string of the molecule is COc1cc2nccc(Oc3ccc(NC(=O)c4cn(CCC(C)C)cc(-c5ccc(F)cc5)c4=O)nc3)c2cc1OC. The molecule has 3 heterocycles. The zero-order valence-corrected chi connectivity index (χ0v) is 24.3. The first kappa shape index (κ1) is 29.2. The highest BCUT2D eigenvalue weighted by atomic mass is 19.1. The van der Waals surface area contributed by atoms with Gasteiger partial charge in [0.1, 0.15) is 28.7 Å². The van der Waals surface area contributed by atoms with Crippen molar-refractivity contribution in [1.82, 2.24) is 14.5 Å². The minimum Gasteiger partial charge on any atom is -0.493 e. The number of methoxy groups -OCH3 is 2. The number of nitrogens with zero attached hydrogens (tertiary/aromatic N) is 3. The molecular weight excluding hydrogens is 551 g/mol. The number of carbonyl (C=O) groups excluding carboxylic acids is 1. The zero-order chi connectivity index (χ0) is 30.5. The Morgan fingerprint density at radius 3 is 2.37 bits per heavy atom. The summed E-state index contributed by atoms with van der Waals surface area (Å²) in [5.74, 6) is 1.70. The first-order valence-electron chi connectivity index (χ1n) is 13.7. The summed E-state index contributed by atoms with van der Waals surface area (Å²) < 4.78 is 32.2. The van der Waals surface area contributed by atoms with Crippen molar-refractivity contribution in [2.75, 3.05) is 19.5 Å². The van der Waals surface area contributed by atoms with Gasteiger partial charge in [0.2, 0.25) is 5.43 Å². The molecule has 1 N–H and O–H groups in total. The monoisotopic (exact) mass is 582 g/mol. The van der Waals surface area contributed by atoms with E-state index in [1.165, 1.54) is 30.5 Å². The third kappa shape index (κ3) is 6.64. The van der Waals surface area contributed by atoms with E-state index in [0.29, 0.717) is 57.5 Å². The fourth-order valence-electron chi connectivity index (χ4n) is 4.53. The highest BCUT2D eigenvalue weighted by Crippen LogP contribution is 2.36. The topological polar surface area (TPSA) is 105 Å². The Hall–Kier alpha value is -5.25. The second kappa shape index (κ2) is 12.7. The van der Waals surface area contributed by atoms with Crippen LogP contribution in [-0.4, -0.2) is 34.7 Å². The van der Waals surface area contributed by atoms with Crippen LogP contribution in [0.15, 0.2) is 84.2 Å². The number of amides is 1. The van der Waals surface area contributed by atoms with Crippen LogP contribution in [0.5, 0.6) is 23.0 Å². The van der Waals surface area contributed by atoms with Crippen LogP contribution in [0.1, 0.15) is 30.6 Å². The molecule has 0 unspecified atom stereocenters. The molecule has 0 atom stereocenters. The largest absolute Gasteiger partial charge is 0.493 e. The minimum absolute atomic E-state index is 0.0414. The summed E-state index contributed by atoms with van der Waals surface area (Å²) in [4.78, 5) is 35.4. The molecule has 0 radical (unpaired) electrons. The number of aryl methyl sites for hydroxylation is 1. The van der Waals surface area contributed by atoms with Crippen LogP contribution < -0.4 is 25.0 Å². The molecule has 0 aliphatic heterocycles. The van der Waals surface area contributed by atoms with Gasteiger partial charge in [-0.1, -0.05) is 26.0 Å². The van der Waals surface area contributed by atoms with E-state index in [0.717, 1.165) is 6.42 Å². The molecular formula is C33H31FN4O5. The Bertz CT molecular complexity index is 1820. The summed E-state index contributed by atoms with van der Waals surface area (Å²) in [7, 11) is 3.11. The molecule has 0 saturated heterocycles. The van der Waals surface area contributed by atoms with Crippen LogP contribution >= 0.6 is 0 Å². The number of anilines is 1. The number of hydrogen-bond donors (Lipinski definition) is 1. The van der Waals surface area contributed by atoms with E-state index in [1.54, 1.807) is 63.1 Å². The highest BCUT2D eigenvalue weighted by Gasteiger charge is 2.18. The summed E-state index contributed by atoms with van der Waals surface area (Å²) in [6.07, 6.45) is 7.19. The standard InChI is InChI=1S/C33H31FN4O5/c1-20(2)12-14-38-18-25(21-5-7-22(34)8-6-21)32(39)26(19-38)33(40)37-31-10-9-23(17-36-31)43-28-11-13-35-27-16-30(42-4)29(41-3)15-24(27)28/h5-11,13,15-20H,12,14H2,1-4H3,(H,36,37,40). The second-order valence-corrected chi connectivity index (χ2v) is 10.3. The van der Waals surface area contributed by atoms with Crippen LogP contribution in [0.3, 0.4) is 0 Å². The molecule has 220 valence electrons. The van der Waals surface area contributed by atoms with Crippen LogP contribution in [-0.2, 0) is 6.54 Å². The maximum atomic E-state index is 13.5. The van der Waals surface area contributed by atoms with Gasteiger partial charge in [0, 0.05) is 42.2 Å². The van der Waals surface area contributed by atoms with Crippen molar-refractivity contribution in [2.45, 2.75) is 26.8 Å². The van der Waals surface area contributed by atoms with Crippen molar-refractivity contribution in [3.05, 3.63) is 101 Å². The summed E-state index contributed by atoms with van der Waals surface area (Å²) in [5, 5.41) is 3.42. The lowest BCUT2D eigenvalue weighted by Crippen LogP contribution is -2.25. The van der Waals surface area contributed by atoms with E-state index in [4.69, 9.17) is 14.2 Å². The molecule has 0 spiro atoms. The van der Waals surface area contributed by atoms with Crippen molar-refractivity contribution in [3.63, 3.8) is 0 Å². The van der Waals surface area contributed by atoms with Gasteiger partial charge in [0.15, 0.2) is 11.5 Å². The van der Waals surface area contributed by atoms with Crippen LogP contribution in [0.4, 0.5) is 10.2 Å². The summed E-state index contributed by atoms with van der Waals surface area (Å²) >= 11 is 0. The zero-order valence-electron chi connectivity index (χ0n) is 24.3. The number of fused-ring (bicyclic) bond motifs is 1. The average Bonchev–Trinajstić information content (AvgIpc) is 3.01. The fourth-order valence-corrected chi connectivity index (χ4v) is 4.53. The molecule has 0 saturated carbocycles. The third-order valence-electron chi connectivity index (χ3n) is 6.86. The number of carbonyl (C=O) groups is 1. The highest BCUT2D eigenvalue weighted by molar-refractivity contribution is 6.04. The number of nitrogens with one attached hydrogen (secondary N) is 1. The molecule has 0 fully saturated rings. The summed E-state index contributed by atoms with van der Waals surface area (Å²) in [5.41, 5.74) is 1.00. The first-order valence-corrected chi connectivity index (χ1v) is 13.7. The molecule has 9 nitrogen and oxygen atoms in total. The van der Waals surface area contributed by atoms with E-state index >= 15 is 0 Å². The van der Waals surface area contributed by atoms with Gasteiger partial charge in [-0.2, -0.15) is 0 Å². The molecule has 0 aliphatic carbocycles. The van der Waals surface area contributed by atoms with Gasteiger partial charge in [-0.25, -0.2) is 9.37 Å². The molecule has 2 aromatic carbocycles. The van der Waals surface area contributed by atoms with Gasteiger partial charge in [-0.3, -0.25) is 14.6 Å². The molecule has 10 heteroatoms. The predicted molar refractivity (Wildman–Crippen MR) is 163 cm³/mol. The summed E-state index contributed by atoms with van der Waals surface area (Å²) in [6, 6.07) is 14.1. The molecule has 1 amide bonds. The first-order chi connectivity index (χ1) is 20.7. The van der Waals surface area contributed by atoms with Gasteiger partial charge in [0.05, 0.1) is 25.9 Å². The number of halogens is 1. The Morgan fingerprint density at radius 2 is 1.70 bits per heavy atom. The van der Waals surface area contributed by atoms with Gasteiger partial charge in [-0.15, -0.1) is 0 Å². The Balaban J connectivity index is 1.38. The molecule has 5 aromatic rings. The predicted octanol–water partition coefficient (Wildman–Crippen LogP) is 6.71. The van der Waals surface area contributed by atoms with Crippen molar-refractivity contribution in [1.29, 1.82) is 0 Å². The van der Waals surface area contributed by atoms with E-state index in [-0.39, 0.29) is 11.4 Å². The normalized spacial score (nSPS) is 11.0. The number of pyridine rings is 3. The molecule has 3 aromatic heterocycles. The van der Waals surface area contributed by atoms with Crippen molar-refractivity contribution < 1.29 is 23.4 Å². The van der Waals surface area contributed by atoms with Crippen LogP contribution in [0.25, 0.3) is 22.0 Å². The van der Waals surface area contributed by atoms with Crippen LogP contribution in [0, 0.1) is 11.7 Å². The maximum absolute atomic E-state index is 13.5. The molecule has 43 heavy (non-hydrogen) atoms. The summed E-state index contributed by atoms with van der Waals surface area (Å²) in [6.45, 7) is 4.81. The third-order valence-corrected chi connectivity index (χ3v) is 6.86. The smallest absolute Gasteiger partial charge is 0.262 e. The Morgan fingerprint density at radius 1 is 0.953 bits per heavy atom. The van der Waals surface area contributed by atoms with Gasteiger partial charge < -0.3 is 24.1 Å². The quantitative estimate of drug-likeness (QED) is 0.195. The Kier molecular flexibility index (Phi) is 8.66. The van der Waals surface area contributed by atoms with E-state index < -0.39 is 17.2 Å². The molecule has 5 rings (SSSR count). The average molecular weight is 583 g/mol. The number of rotatable bonds is 10. The van der Waals surface area contributed by atoms with Gasteiger partial charge in [-0.05, 0) is 54.3 Å². The van der Waals surface area contributed by atoms with E-state index in [9.17, 15) is 14.0 Å².